The van der Waals surface area contributed by atoms with Gasteiger partial charge in [-0.2, -0.15) is 0 Å². The Kier molecular flexibility index (Phi) is 5.09. The maximum atomic E-state index is 12.6. The summed E-state index contributed by atoms with van der Waals surface area (Å²) in [5.74, 6) is 0. The van der Waals surface area contributed by atoms with Crippen molar-refractivity contribution in [3.8, 4) is 0 Å². The molecule has 0 radical (unpaired) electrons. The van der Waals surface area contributed by atoms with Crippen molar-refractivity contribution in [2.24, 2.45) is 0 Å². The fourth-order valence-electron chi connectivity index (χ4n) is 2.90. The molecular formula is C19H28N4O. The van der Waals surface area contributed by atoms with Gasteiger partial charge in [-0.15, -0.1) is 0 Å². The van der Waals surface area contributed by atoms with Crippen LogP contribution in [0, 0.1) is 0 Å². The van der Waals surface area contributed by atoms with E-state index in [1.165, 1.54) is 10.9 Å². The molecule has 1 aliphatic carbocycles. The van der Waals surface area contributed by atoms with E-state index < -0.39 is 0 Å². The standard InChI is InChI=1S/C19H28N4O/c1-14(22(2)3)8-10-21-19(24)23(17-5-6-17)13-15-4-7-18-16(12-15)9-11-20-18/h4,7,9,11-12,14,17,20H,5-6,8,10,13H2,1-3H3,(H,21,24). The molecule has 2 aromatic rings. The summed E-state index contributed by atoms with van der Waals surface area (Å²) in [6, 6.07) is 9.37. The second-order valence-corrected chi connectivity index (χ2v) is 7.09. The van der Waals surface area contributed by atoms with Crippen molar-refractivity contribution in [2.45, 2.75) is 44.8 Å². The number of hydrogen-bond acceptors (Lipinski definition) is 2. The van der Waals surface area contributed by atoms with Crippen molar-refractivity contribution in [3.05, 3.63) is 36.0 Å². The molecule has 1 unspecified atom stereocenters. The molecule has 2 amide bonds. The van der Waals surface area contributed by atoms with Crippen molar-refractivity contribution in [1.82, 2.24) is 20.1 Å². The summed E-state index contributed by atoms with van der Waals surface area (Å²) < 4.78 is 0. The van der Waals surface area contributed by atoms with Gasteiger partial charge in [0.1, 0.15) is 0 Å². The minimum atomic E-state index is 0.0672. The highest BCUT2D eigenvalue weighted by molar-refractivity contribution is 5.80. The van der Waals surface area contributed by atoms with E-state index in [0.717, 1.165) is 31.3 Å². The molecule has 0 spiro atoms. The van der Waals surface area contributed by atoms with Gasteiger partial charge in [-0.3, -0.25) is 0 Å². The van der Waals surface area contributed by atoms with Crippen LogP contribution in [0.5, 0.6) is 0 Å². The lowest BCUT2D eigenvalue weighted by Gasteiger charge is -2.24. The number of aromatic nitrogens is 1. The number of fused-ring (bicyclic) bond motifs is 1. The molecule has 1 atom stereocenters. The quantitative estimate of drug-likeness (QED) is 0.820. The predicted octanol–water partition coefficient (Wildman–Crippen LogP) is 3.18. The Balaban J connectivity index is 1.58. The highest BCUT2D eigenvalue weighted by Gasteiger charge is 2.32. The molecule has 0 bridgehead atoms. The molecule has 5 nitrogen and oxygen atoms in total. The van der Waals surface area contributed by atoms with E-state index in [1.54, 1.807) is 0 Å². The molecule has 3 rings (SSSR count). The molecule has 5 heteroatoms. The van der Waals surface area contributed by atoms with Gasteiger partial charge < -0.3 is 20.1 Å². The van der Waals surface area contributed by atoms with E-state index in [4.69, 9.17) is 0 Å². The fourth-order valence-corrected chi connectivity index (χ4v) is 2.90. The zero-order valence-corrected chi connectivity index (χ0v) is 14.9. The smallest absolute Gasteiger partial charge is 0.317 e. The molecule has 1 aromatic heterocycles. The Bertz CT molecular complexity index is 689. The summed E-state index contributed by atoms with van der Waals surface area (Å²) >= 11 is 0. The first-order valence-electron chi connectivity index (χ1n) is 8.81. The van der Waals surface area contributed by atoms with Gasteiger partial charge in [-0.05, 0) is 69.4 Å². The van der Waals surface area contributed by atoms with Gasteiger partial charge in [0.25, 0.3) is 0 Å². The summed E-state index contributed by atoms with van der Waals surface area (Å²) in [6.07, 6.45) is 5.15. The maximum absolute atomic E-state index is 12.6. The third-order valence-corrected chi connectivity index (χ3v) is 4.94. The number of benzene rings is 1. The molecule has 0 saturated heterocycles. The summed E-state index contributed by atoms with van der Waals surface area (Å²) in [7, 11) is 4.14. The van der Waals surface area contributed by atoms with Gasteiger partial charge in [-0.25, -0.2) is 4.79 Å². The topological polar surface area (TPSA) is 51.4 Å². The number of aromatic amines is 1. The molecule has 2 N–H and O–H groups in total. The number of hydrogen-bond donors (Lipinski definition) is 2. The van der Waals surface area contributed by atoms with Gasteiger partial charge in [0.2, 0.25) is 0 Å². The number of rotatable bonds is 7. The number of nitrogens with zero attached hydrogens (tertiary/aromatic N) is 2. The minimum absolute atomic E-state index is 0.0672. The molecule has 130 valence electrons. The van der Waals surface area contributed by atoms with E-state index in [-0.39, 0.29) is 6.03 Å². The number of carbonyl (C=O) groups excluding carboxylic acids is 1. The van der Waals surface area contributed by atoms with E-state index in [9.17, 15) is 4.79 Å². The molecule has 1 heterocycles. The van der Waals surface area contributed by atoms with Gasteiger partial charge in [-0.1, -0.05) is 6.07 Å². The third-order valence-electron chi connectivity index (χ3n) is 4.94. The highest BCUT2D eigenvalue weighted by Crippen LogP contribution is 2.29. The average Bonchev–Trinajstić information content (AvgIpc) is 3.29. The van der Waals surface area contributed by atoms with Gasteiger partial charge in [0.15, 0.2) is 0 Å². The first-order valence-corrected chi connectivity index (χ1v) is 8.81. The summed E-state index contributed by atoms with van der Waals surface area (Å²) in [6.45, 7) is 3.58. The first kappa shape index (κ1) is 16.8. The van der Waals surface area contributed by atoms with Crippen LogP contribution >= 0.6 is 0 Å². The minimum Gasteiger partial charge on any atom is -0.361 e. The zero-order chi connectivity index (χ0) is 17.1. The van der Waals surface area contributed by atoms with E-state index in [2.05, 4.69) is 60.5 Å². The molecule has 1 fully saturated rings. The zero-order valence-electron chi connectivity index (χ0n) is 14.9. The monoisotopic (exact) mass is 328 g/mol. The Labute approximate surface area is 144 Å². The molecule has 1 aliphatic rings. The van der Waals surface area contributed by atoms with E-state index in [0.29, 0.717) is 18.6 Å². The molecular weight excluding hydrogens is 300 g/mol. The van der Waals surface area contributed by atoms with Gasteiger partial charge >= 0.3 is 6.03 Å². The highest BCUT2D eigenvalue weighted by atomic mass is 16.2. The van der Waals surface area contributed by atoms with Crippen LogP contribution in [-0.4, -0.2) is 53.5 Å². The van der Waals surface area contributed by atoms with E-state index in [1.807, 2.05) is 11.1 Å². The lowest BCUT2D eigenvalue weighted by Crippen LogP contribution is -2.42. The van der Waals surface area contributed by atoms with Crippen molar-refractivity contribution < 1.29 is 4.79 Å². The Hall–Kier alpha value is -2.01. The predicted molar refractivity (Wildman–Crippen MR) is 98.0 cm³/mol. The Morgan fingerprint density at radius 3 is 2.83 bits per heavy atom. The molecule has 1 saturated carbocycles. The van der Waals surface area contributed by atoms with Gasteiger partial charge in [0.05, 0.1) is 0 Å². The van der Waals surface area contributed by atoms with Crippen molar-refractivity contribution in [2.75, 3.05) is 20.6 Å². The summed E-state index contributed by atoms with van der Waals surface area (Å²) in [5.41, 5.74) is 2.32. The first-order chi connectivity index (χ1) is 11.5. The SMILES string of the molecule is CC(CCNC(=O)N(Cc1ccc2[nH]ccc2c1)C1CC1)N(C)C. The average molecular weight is 328 g/mol. The molecule has 1 aromatic carbocycles. The van der Waals surface area contributed by atoms with Crippen LogP contribution in [0.1, 0.15) is 31.7 Å². The van der Waals surface area contributed by atoms with Crippen LogP contribution < -0.4 is 5.32 Å². The van der Waals surface area contributed by atoms with Crippen molar-refractivity contribution in [3.63, 3.8) is 0 Å². The largest absolute Gasteiger partial charge is 0.361 e. The number of amides is 2. The van der Waals surface area contributed by atoms with Gasteiger partial charge in [0, 0.05) is 36.9 Å². The van der Waals surface area contributed by atoms with Crippen LogP contribution in [0.15, 0.2) is 30.5 Å². The summed E-state index contributed by atoms with van der Waals surface area (Å²) in [4.78, 5) is 20.0. The second kappa shape index (κ2) is 7.26. The number of carbonyl (C=O) groups is 1. The molecule has 0 aliphatic heterocycles. The summed E-state index contributed by atoms with van der Waals surface area (Å²) in [5, 5.41) is 4.29. The number of nitrogens with one attached hydrogen (secondary N) is 2. The third kappa shape index (κ3) is 4.09. The number of H-pyrrole nitrogens is 1. The lowest BCUT2D eigenvalue weighted by atomic mass is 10.1. The van der Waals surface area contributed by atoms with Crippen molar-refractivity contribution in [1.29, 1.82) is 0 Å². The van der Waals surface area contributed by atoms with Crippen LogP contribution in [0.2, 0.25) is 0 Å². The van der Waals surface area contributed by atoms with Crippen LogP contribution in [0.4, 0.5) is 4.79 Å². The normalized spacial score (nSPS) is 15.7. The van der Waals surface area contributed by atoms with Crippen LogP contribution in [0.25, 0.3) is 10.9 Å². The fraction of sp³-hybridized carbons (Fsp3) is 0.526. The van der Waals surface area contributed by atoms with E-state index >= 15 is 0 Å². The Morgan fingerprint density at radius 2 is 2.12 bits per heavy atom. The van der Waals surface area contributed by atoms with Crippen LogP contribution in [-0.2, 0) is 6.54 Å². The maximum Gasteiger partial charge on any atom is 0.317 e. The number of urea groups is 1. The Morgan fingerprint density at radius 1 is 1.33 bits per heavy atom. The lowest BCUT2D eigenvalue weighted by molar-refractivity contribution is 0.190. The molecule has 24 heavy (non-hydrogen) atoms. The van der Waals surface area contributed by atoms with Crippen molar-refractivity contribution >= 4 is 16.9 Å². The van der Waals surface area contributed by atoms with Crippen LogP contribution in [0.3, 0.4) is 0 Å². The second-order valence-electron chi connectivity index (χ2n) is 7.09.